The fourth-order valence-electron chi connectivity index (χ4n) is 2.58. The molecule has 1 fully saturated rings. The molecule has 1 heterocycles. The van der Waals surface area contributed by atoms with Crippen molar-refractivity contribution in [2.75, 3.05) is 6.16 Å². The molecule has 22 heavy (non-hydrogen) atoms. The van der Waals surface area contributed by atoms with Gasteiger partial charge in [-0.05, 0) is 11.1 Å². The van der Waals surface area contributed by atoms with E-state index in [1.165, 1.54) is 11.1 Å². The summed E-state index contributed by atoms with van der Waals surface area (Å²) in [7, 11) is 0.305. The first-order valence-corrected chi connectivity index (χ1v) is 8.39. The number of esters is 2. The molecule has 1 aliphatic rings. The zero-order chi connectivity index (χ0) is 15.4. The lowest BCUT2D eigenvalue weighted by Gasteiger charge is -2.13. The number of rotatable bonds is 4. The summed E-state index contributed by atoms with van der Waals surface area (Å²) in [6.45, 7) is 0. The van der Waals surface area contributed by atoms with Crippen LogP contribution in [0.15, 0.2) is 60.7 Å². The first-order chi connectivity index (χ1) is 10.7. The van der Waals surface area contributed by atoms with Gasteiger partial charge in [-0.15, -0.1) is 0 Å². The Labute approximate surface area is 130 Å². The molecule has 0 saturated carbocycles. The minimum atomic E-state index is -0.441. The van der Waals surface area contributed by atoms with Gasteiger partial charge in [0, 0.05) is 5.92 Å². The highest BCUT2D eigenvalue weighted by atomic mass is 31.1. The molecule has 0 aliphatic carbocycles. The van der Waals surface area contributed by atoms with E-state index in [0.29, 0.717) is 13.5 Å². The predicted octanol–water partition coefficient (Wildman–Crippen LogP) is 3.14. The quantitative estimate of drug-likeness (QED) is 0.495. The smallest absolute Gasteiger partial charge is 0.384 e. The summed E-state index contributed by atoms with van der Waals surface area (Å²) in [5.74, 6) is -0.650. The van der Waals surface area contributed by atoms with Crippen molar-refractivity contribution in [2.45, 2.75) is 12.3 Å². The van der Waals surface area contributed by atoms with Crippen molar-refractivity contribution in [3.63, 3.8) is 0 Å². The maximum Gasteiger partial charge on any atom is 0.384 e. The fraction of sp³-hybridized carbons (Fsp3) is 0.167. The molecule has 0 amide bonds. The third-order valence-electron chi connectivity index (χ3n) is 3.70. The van der Waals surface area contributed by atoms with E-state index in [-0.39, 0.29) is 12.3 Å². The normalized spacial score (nSPS) is 16.3. The molecule has 1 saturated heterocycles. The molecule has 0 bridgehead atoms. The maximum atomic E-state index is 11.6. The summed E-state index contributed by atoms with van der Waals surface area (Å²) in [5.41, 5.74) is 2.44. The van der Waals surface area contributed by atoms with Crippen LogP contribution in [0.5, 0.6) is 0 Å². The van der Waals surface area contributed by atoms with Gasteiger partial charge in [0.25, 0.3) is 0 Å². The third kappa shape index (κ3) is 3.32. The Hall–Kier alpha value is -2.25. The van der Waals surface area contributed by atoms with E-state index in [9.17, 15) is 9.59 Å². The standard InChI is InChI=1S/C18H15O3P/c19-17-11-16(18(20)21-17)22-12-15(13-7-3-1-4-8-13)14-9-5-2-6-10-14/h1-10,15H,11-12H2/p+1. The Morgan fingerprint density at radius 1 is 0.909 bits per heavy atom. The van der Waals surface area contributed by atoms with Crippen LogP contribution in [0.25, 0.3) is 0 Å². The molecule has 110 valence electrons. The minimum absolute atomic E-state index is 0.146. The van der Waals surface area contributed by atoms with Gasteiger partial charge in [-0.3, -0.25) is 4.79 Å². The van der Waals surface area contributed by atoms with Crippen LogP contribution in [0.3, 0.4) is 0 Å². The van der Waals surface area contributed by atoms with Gasteiger partial charge >= 0.3 is 11.9 Å². The van der Waals surface area contributed by atoms with E-state index in [2.05, 4.69) is 29.0 Å². The maximum absolute atomic E-state index is 11.6. The van der Waals surface area contributed by atoms with Gasteiger partial charge in [0.1, 0.15) is 12.6 Å². The highest BCUT2D eigenvalue weighted by Gasteiger charge is 2.33. The van der Waals surface area contributed by atoms with E-state index < -0.39 is 11.9 Å². The van der Waals surface area contributed by atoms with Crippen LogP contribution in [0.2, 0.25) is 0 Å². The predicted molar refractivity (Wildman–Crippen MR) is 88.6 cm³/mol. The van der Waals surface area contributed by atoms with Crippen molar-refractivity contribution in [3.05, 3.63) is 71.8 Å². The van der Waals surface area contributed by atoms with Crippen LogP contribution >= 0.6 is 8.20 Å². The van der Waals surface area contributed by atoms with Gasteiger partial charge in [0.15, 0.2) is 0 Å². The molecule has 3 rings (SSSR count). The molecule has 1 atom stereocenters. The molecule has 0 radical (unpaired) electrons. The van der Waals surface area contributed by atoms with Crippen LogP contribution in [0.4, 0.5) is 0 Å². The third-order valence-corrected chi connectivity index (χ3v) is 5.12. The highest BCUT2D eigenvalue weighted by Crippen LogP contribution is 2.29. The molecular formula is C18H16O3P+. The lowest BCUT2D eigenvalue weighted by molar-refractivity contribution is -0.150. The second-order valence-electron chi connectivity index (χ2n) is 5.17. The molecule has 2 aromatic carbocycles. The highest BCUT2D eigenvalue weighted by molar-refractivity contribution is 7.43. The van der Waals surface area contributed by atoms with Gasteiger partial charge in [-0.2, -0.15) is 0 Å². The SMILES string of the molecule is O=C1CC(=[PH+]CC(c2ccccc2)c2ccccc2)C(=O)O1. The molecule has 0 spiro atoms. The minimum Gasteiger partial charge on any atom is -0.387 e. The summed E-state index contributed by atoms with van der Waals surface area (Å²) >= 11 is 0. The van der Waals surface area contributed by atoms with E-state index in [4.69, 9.17) is 0 Å². The largest absolute Gasteiger partial charge is 0.387 e. The van der Waals surface area contributed by atoms with Crippen LogP contribution in [-0.2, 0) is 14.3 Å². The molecule has 2 aromatic rings. The Kier molecular flexibility index (Phi) is 4.45. The van der Waals surface area contributed by atoms with Crippen molar-refractivity contribution in [1.82, 2.24) is 0 Å². The second kappa shape index (κ2) is 6.67. The summed E-state index contributed by atoms with van der Waals surface area (Å²) < 4.78 is 4.61. The second-order valence-corrected chi connectivity index (χ2v) is 6.54. The number of benzene rings is 2. The van der Waals surface area contributed by atoms with Crippen molar-refractivity contribution in [2.24, 2.45) is 0 Å². The number of hydrogen-bond donors (Lipinski definition) is 0. The van der Waals surface area contributed by atoms with Crippen LogP contribution in [-0.4, -0.2) is 23.4 Å². The number of carbonyl (C=O) groups is 2. The zero-order valence-corrected chi connectivity index (χ0v) is 13.0. The molecule has 0 aromatic heterocycles. The van der Waals surface area contributed by atoms with Crippen molar-refractivity contribution in [3.8, 4) is 0 Å². The van der Waals surface area contributed by atoms with Crippen LogP contribution in [0, 0.1) is 0 Å². The molecule has 1 unspecified atom stereocenters. The number of hydrogen-bond acceptors (Lipinski definition) is 3. The number of ether oxygens (including phenoxy) is 1. The van der Waals surface area contributed by atoms with Crippen molar-refractivity contribution < 1.29 is 14.3 Å². The van der Waals surface area contributed by atoms with Gasteiger partial charge in [-0.1, -0.05) is 60.7 Å². The topological polar surface area (TPSA) is 43.4 Å². The van der Waals surface area contributed by atoms with E-state index in [0.717, 1.165) is 6.16 Å². The zero-order valence-electron chi connectivity index (χ0n) is 12.0. The van der Waals surface area contributed by atoms with Crippen molar-refractivity contribution in [1.29, 1.82) is 0 Å². The monoisotopic (exact) mass is 311 g/mol. The fourth-order valence-corrected chi connectivity index (χ4v) is 3.96. The molecular weight excluding hydrogens is 295 g/mol. The molecule has 0 N–H and O–H groups in total. The Morgan fingerprint density at radius 2 is 1.45 bits per heavy atom. The van der Waals surface area contributed by atoms with Gasteiger partial charge in [0.2, 0.25) is 5.29 Å². The van der Waals surface area contributed by atoms with E-state index in [1.54, 1.807) is 0 Å². The molecule has 1 aliphatic heterocycles. The lowest BCUT2D eigenvalue weighted by Crippen LogP contribution is -2.07. The molecule has 4 heteroatoms. The lowest BCUT2D eigenvalue weighted by atomic mass is 9.93. The Bertz CT molecular complexity index is 668. The average molecular weight is 311 g/mol. The Balaban J connectivity index is 1.89. The number of carbonyl (C=O) groups excluding carboxylic acids is 2. The summed E-state index contributed by atoms with van der Waals surface area (Å²) in [6, 6.07) is 20.5. The Morgan fingerprint density at radius 3 is 1.91 bits per heavy atom. The van der Waals surface area contributed by atoms with Gasteiger partial charge in [-0.25, -0.2) is 4.79 Å². The van der Waals surface area contributed by atoms with Gasteiger partial charge < -0.3 is 4.74 Å². The van der Waals surface area contributed by atoms with Crippen LogP contribution in [0.1, 0.15) is 23.5 Å². The van der Waals surface area contributed by atoms with Gasteiger partial charge in [0.05, 0.1) is 8.20 Å². The van der Waals surface area contributed by atoms with Crippen LogP contribution < -0.4 is 0 Å². The summed E-state index contributed by atoms with van der Waals surface area (Å²) in [5, 5.41) is 0.613. The first-order valence-electron chi connectivity index (χ1n) is 7.18. The number of cyclic esters (lactones) is 2. The molecule has 3 nitrogen and oxygen atoms in total. The summed E-state index contributed by atoms with van der Waals surface area (Å²) in [6.07, 6.45) is 0.958. The average Bonchev–Trinajstić information content (AvgIpc) is 2.87. The van der Waals surface area contributed by atoms with E-state index in [1.807, 2.05) is 36.4 Å². The van der Waals surface area contributed by atoms with E-state index >= 15 is 0 Å². The summed E-state index contributed by atoms with van der Waals surface area (Å²) in [4.78, 5) is 22.8. The first kappa shape index (κ1) is 14.7. The van der Waals surface area contributed by atoms with Crippen molar-refractivity contribution >= 4 is 25.4 Å².